The van der Waals surface area contributed by atoms with E-state index in [9.17, 15) is 4.79 Å². The summed E-state index contributed by atoms with van der Waals surface area (Å²) < 4.78 is 4.74. The first-order valence-corrected chi connectivity index (χ1v) is 9.19. The van der Waals surface area contributed by atoms with Gasteiger partial charge >= 0.3 is 5.97 Å². The SMILES string of the molecule is COC(=O)c1ccc(Cl)c(Nc2ccnc(Nc3ccc(C(C)C)cc3)n2)c1. The second-order valence-corrected chi connectivity index (χ2v) is 6.89. The number of benzene rings is 2. The van der Waals surface area contributed by atoms with E-state index < -0.39 is 5.97 Å². The van der Waals surface area contributed by atoms with E-state index in [1.54, 1.807) is 30.5 Å². The maximum atomic E-state index is 11.7. The molecule has 144 valence electrons. The van der Waals surface area contributed by atoms with Crippen LogP contribution in [0.25, 0.3) is 0 Å². The molecule has 0 bridgehead atoms. The highest BCUT2D eigenvalue weighted by atomic mass is 35.5. The highest BCUT2D eigenvalue weighted by Gasteiger charge is 2.10. The van der Waals surface area contributed by atoms with Gasteiger partial charge in [-0.2, -0.15) is 4.98 Å². The molecule has 7 heteroatoms. The molecular formula is C21H21ClN4O2. The first-order chi connectivity index (χ1) is 13.5. The molecule has 2 N–H and O–H groups in total. The number of nitrogens with one attached hydrogen (secondary N) is 2. The van der Waals surface area contributed by atoms with Crippen LogP contribution in [-0.4, -0.2) is 23.0 Å². The number of aromatic nitrogens is 2. The molecule has 0 amide bonds. The highest BCUT2D eigenvalue weighted by molar-refractivity contribution is 6.33. The quantitative estimate of drug-likeness (QED) is 0.533. The molecule has 1 aromatic heterocycles. The molecular weight excluding hydrogens is 376 g/mol. The Hall–Kier alpha value is -3.12. The minimum Gasteiger partial charge on any atom is -0.465 e. The largest absolute Gasteiger partial charge is 0.465 e. The van der Waals surface area contributed by atoms with Gasteiger partial charge in [0.1, 0.15) is 5.82 Å². The van der Waals surface area contributed by atoms with Crippen LogP contribution in [0.2, 0.25) is 5.02 Å². The topological polar surface area (TPSA) is 76.1 Å². The molecule has 0 saturated carbocycles. The Labute approximate surface area is 168 Å². The third kappa shape index (κ3) is 4.78. The Bertz CT molecular complexity index is 974. The lowest BCUT2D eigenvalue weighted by molar-refractivity contribution is 0.0601. The first-order valence-electron chi connectivity index (χ1n) is 8.81. The smallest absolute Gasteiger partial charge is 0.337 e. The predicted octanol–water partition coefficient (Wildman–Crippen LogP) is 5.53. The van der Waals surface area contributed by atoms with Crippen molar-refractivity contribution in [3.8, 4) is 0 Å². The average molecular weight is 397 g/mol. The fourth-order valence-corrected chi connectivity index (χ4v) is 2.74. The zero-order valence-electron chi connectivity index (χ0n) is 15.9. The number of halogens is 1. The van der Waals surface area contributed by atoms with Crippen molar-refractivity contribution in [2.45, 2.75) is 19.8 Å². The lowest BCUT2D eigenvalue weighted by atomic mass is 10.0. The van der Waals surface area contributed by atoms with E-state index >= 15 is 0 Å². The summed E-state index contributed by atoms with van der Waals surface area (Å²) in [6, 6.07) is 14.7. The molecule has 0 radical (unpaired) electrons. The van der Waals surface area contributed by atoms with Crippen molar-refractivity contribution in [3.63, 3.8) is 0 Å². The van der Waals surface area contributed by atoms with Crippen molar-refractivity contribution in [2.75, 3.05) is 17.7 Å². The third-order valence-corrected chi connectivity index (χ3v) is 4.47. The number of nitrogens with zero attached hydrogens (tertiary/aromatic N) is 2. The number of carbonyl (C=O) groups is 1. The van der Waals surface area contributed by atoms with E-state index in [4.69, 9.17) is 16.3 Å². The number of hydrogen-bond acceptors (Lipinski definition) is 6. The summed E-state index contributed by atoms with van der Waals surface area (Å²) in [5.74, 6) is 1.03. The minimum atomic E-state index is -0.436. The fraction of sp³-hybridized carbons (Fsp3) is 0.190. The van der Waals surface area contributed by atoms with E-state index in [-0.39, 0.29) is 0 Å². The van der Waals surface area contributed by atoms with Crippen LogP contribution in [0.5, 0.6) is 0 Å². The Balaban J connectivity index is 1.77. The molecule has 0 atom stereocenters. The van der Waals surface area contributed by atoms with Crippen LogP contribution >= 0.6 is 11.6 Å². The molecule has 3 rings (SSSR count). The van der Waals surface area contributed by atoms with Gasteiger partial charge in [-0.15, -0.1) is 0 Å². The molecule has 6 nitrogen and oxygen atoms in total. The van der Waals surface area contributed by atoms with Crippen molar-refractivity contribution in [1.29, 1.82) is 0 Å². The number of methoxy groups -OCH3 is 1. The number of anilines is 4. The summed E-state index contributed by atoms with van der Waals surface area (Å²) in [4.78, 5) is 20.4. The van der Waals surface area contributed by atoms with Crippen LogP contribution < -0.4 is 10.6 Å². The minimum absolute atomic E-state index is 0.395. The molecule has 0 aliphatic carbocycles. The van der Waals surface area contributed by atoms with Crippen LogP contribution in [0.4, 0.5) is 23.1 Å². The van der Waals surface area contributed by atoms with Gasteiger partial charge in [-0.3, -0.25) is 0 Å². The molecule has 0 unspecified atom stereocenters. The Kier molecular flexibility index (Phi) is 6.11. The number of rotatable bonds is 6. The van der Waals surface area contributed by atoms with Gasteiger partial charge in [0.15, 0.2) is 0 Å². The third-order valence-electron chi connectivity index (χ3n) is 4.14. The number of carbonyl (C=O) groups excluding carboxylic acids is 1. The first kappa shape index (κ1) is 19.6. The lowest BCUT2D eigenvalue weighted by Crippen LogP contribution is -2.04. The van der Waals surface area contributed by atoms with E-state index in [0.29, 0.717) is 34.0 Å². The predicted molar refractivity (Wildman–Crippen MR) is 112 cm³/mol. The maximum Gasteiger partial charge on any atom is 0.337 e. The van der Waals surface area contributed by atoms with Crippen molar-refractivity contribution in [1.82, 2.24) is 9.97 Å². The Morgan fingerprint density at radius 1 is 1.07 bits per heavy atom. The van der Waals surface area contributed by atoms with E-state index in [0.717, 1.165) is 5.69 Å². The van der Waals surface area contributed by atoms with Gasteiger partial charge in [-0.1, -0.05) is 37.6 Å². The van der Waals surface area contributed by atoms with E-state index in [2.05, 4.69) is 46.6 Å². The van der Waals surface area contributed by atoms with Gasteiger partial charge < -0.3 is 15.4 Å². The fourth-order valence-electron chi connectivity index (χ4n) is 2.57. The molecule has 0 aliphatic heterocycles. The van der Waals surface area contributed by atoms with Crippen LogP contribution in [-0.2, 0) is 4.74 Å². The zero-order valence-corrected chi connectivity index (χ0v) is 16.6. The molecule has 2 aromatic carbocycles. The molecule has 0 fully saturated rings. The van der Waals surface area contributed by atoms with E-state index in [1.807, 2.05) is 12.1 Å². The summed E-state index contributed by atoms with van der Waals surface area (Å²) in [5.41, 5.74) is 3.11. The van der Waals surface area contributed by atoms with Crippen LogP contribution in [0, 0.1) is 0 Å². The summed E-state index contributed by atoms with van der Waals surface area (Å²) >= 11 is 6.23. The van der Waals surface area contributed by atoms with Crippen LogP contribution in [0.1, 0.15) is 35.7 Å². The Morgan fingerprint density at radius 3 is 2.50 bits per heavy atom. The van der Waals surface area contributed by atoms with Gasteiger partial charge in [0.05, 0.1) is 23.4 Å². The van der Waals surface area contributed by atoms with Crippen molar-refractivity contribution >= 4 is 40.7 Å². The zero-order chi connectivity index (χ0) is 20.1. The number of hydrogen-bond donors (Lipinski definition) is 2. The monoisotopic (exact) mass is 396 g/mol. The summed E-state index contributed by atoms with van der Waals surface area (Å²) in [7, 11) is 1.33. The number of ether oxygens (including phenoxy) is 1. The summed E-state index contributed by atoms with van der Waals surface area (Å²) in [6.45, 7) is 4.31. The van der Waals surface area contributed by atoms with Crippen LogP contribution in [0.15, 0.2) is 54.7 Å². The van der Waals surface area contributed by atoms with Gasteiger partial charge in [0.2, 0.25) is 5.95 Å². The van der Waals surface area contributed by atoms with Crippen molar-refractivity contribution in [2.24, 2.45) is 0 Å². The molecule has 28 heavy (non-hydrogen) atoms. The standard InChI is InChI=1S/C21H21ClN4O2/c1-13(2)14-4-7-16(8-5-14)24-21-23-11-10-19(26-21)25-18-12-15(20(27)28-3)6-9-17(18)22/h4-13H,1-3H3,(H2,23,24,25,26). The number of esters is 1. The van der Waals surface area contributed by atoms with Gasteiger partial charge in [0, 0.05) is 11.9 Å². The normalized spacial score (nSPS) is 10.6. The maximum absolute atomic E-state index is 11.7. The van der Waals surface area contributed by atoms with Gasteiger partial charge in [-0.25, -0.2) is 9.78 Å². The molecule has 1 heterocycles. The summed E-state index contributed by atoms with van der Waals surface area (Å²) in [6.07, 6.45) is 1.64. The second kappa shape index (κ2) is 8.71. The van der Waals surface area contributed by atoms with Crippen LogP contribution in [0.3, 0.4) is 0 Å². The molecule has 0 spiro atoms. The van der Waals surface area contributed by atoms with E-state index in [1.165, 1.54) is 12.7 Å². The molecule has 3 aromatic rings. The average Bonchev–Trinajstić information content (AvgIpc) is 2.70. The second-order valence-electron chi connectivity index (χ2n) is 6.48. The van der Waals surface area contributed by atoms with Crippen molar-refractivity contribution in [3.05, 3.63) is 70.9 Å². The molecule has 0 saturated heterocycles. The summed E-state index contributed by atoms with van der Waals surface area (Å²) in [5, 5.41) is 6.75. The van der Waals surface area contributed by atoms with Crippen molar-refractivity contribution < 1.29 is 9.53 Å². The van der Waals surface area contributed by atoms with Gasteiger partial charge in [-0.05, 0) is 47.9 Å². The highest BCUT2D eigenvalue weighted by Crippen LogP contribution is 2.27. The molecule has 0 aliphatic rings. The lowest BCUT2D eigenvalue weighted by Gasteiger charge is -2.11. The Morgan fingerprint density at radius 2 is 1.82 bits per heavy atom. The van der Waals surface area contributed by atoms with Gasteiger partial charge in [0.25, 0.3) is 0 Å².